The van der Waals surface area contributed by atoms with Crippen LogP contribution in [0.15, 0.2) is 53.7 Å². The lowest BCUT2D eigenvalue weighted by Crippen LogP contribution is -2.52. The molecule has 1 aliphatic carbocycles. The van der Waals surface area contributed by atoms with Gasteiger partial charge in [0, 0.05) is 37.0 Å². The van der Waals surface area contributed by atoms with Gasteiger partial charge >= 0.3 is 0 Å². The number of likely N-dealkylation sites (tertiary alicyclic amines) is 1. The maximum absolute atomic E-state index is 13.8. The van der Waals surface area contributed by atoms with Crippen molar-refractivity contribution in [2.75, 3.05) is 5.32 Å². The molecule has 0 spiro atoms. The maximum Gasteiger partial charge on any atom is 0.291 e. The third-order valence-corrected chi connectivity index (χ3v) is 8.31. The highest BCUT2D eigenvalue weighted by molar-refractivity contribution is 9.10. The third-order valence-electron chi connectivity index (χ3n) is 7.87. The van der Waals surface area contributed by atoms with Crippen molar-refractivity contribution in [2.45, 2.75) is 52.2 Å². The smallest absolute Gasteiger partial charge is 0.291 e. The average molecular weight is 589 g/mol. The summed E-state index contributed by atoms with van der Waals surface area (Å²) < 4.78 is 2.31. The lowest BCUT2D eigenvalue weighted by molar-refractivity contribution is -0.715. The van der Waals surface area contributed by atoms with Gasteiger partial charge in [-0.2, -0.15) is 5.10 Å². The van der Waals surface area contributed by atoms with Crippen LogP contribution in [0.3, 0.4) is 0 Å². The fraction of sp³-hybridized carbons (Fsp3) is 0.321. The topological polar surface area (TPSA) is 125 Å². The van der Waals surface area contributed by atoms with E-state index >= 15 is 0 Å². The first kappa shape index (κ1) is 25.3. The van der Waals surface area contributed by atoms with Crippen molar-refractivity contribution in [3.05, 3.63) is 64.9 Å². The van der Waals surface area contributed by atoms with Crippen LogP contribution in [-0.2, 0) is 16.1 Å². The number of carbonyl (C=O) groups is 3. The van der Waals surface area contributed by atoms with Gasteiger partial charge in [0.15, 0.2) is 11.5 Å². The average Bonchev–Trinajstić information content (AvgIpc) is 3.28. The summed E-state index contributed by atoms with van der Waals surface area (Å²) in [5.41, 5.74) is 3.60. The number of aryl methyl sites for hydroxylation is 1. The number of aromatic nitrogens is 5. The van der Waals surface area contributed by atoms with Crippen LogP contribution in [0.1, 0.15) is 42.7 Å². The number of piperidine rings is 1. The predicted molar refractivity (Wildman–Crippen MR) is 147 cm³/mol. The van der Waals surface area contributed by atoms with E-state index in [4.69, 9.17) is 0 Å². The first-order chi connectivity index (χ1) is 18.6. The Morgan fingerprint density at radius 1 is 1.15 bits per heavy atom. The van der Waals surface area contributed by atoms with Crippen LogP contribution in [-0.4, -0.2) is 54.6 Å². The number of aromatic amines is 1. The lowest BCUT2D eigenvalue weighted by Gasteiger charge is -2.25. The number of carbonyl (C=O) groups excluding carboxylic acids is 3. The molecule has 1 aliphatic heterocycles. The number of H-pyrrole nitrogens is 1. The molecule has 4 aromatic rings. The zero-order valence-electron chi connectivity index (χ0n) is 21.7. The number of pyridine rings is 1. The summed E-state index contributed by atoms with van der Waals surface area (Å²) in [6.07, 6.45) is 6.35. The molecule has 2 fully saturated rings. The maximum atomic E-state index is 13.8. The molecular formula is C28H27BrN7O3+. The molecule has 1 saturated carbocycles. The Balaban J connectivity index is 1.29. The molecule has 0 radical (unpaired) electrons. The molecule has 10 nitrogen and oxygen atoms in total. The van der Waals surface area contributed by atoms with Crippen molar-refractivity contribution < 1.29 is 19.1 Å². The second-order valence-corrected chi connectivity index (χ2v) is 11.5. The highest BCUT2D eigenvalue weighted by Gasteiger charge is 2.64. The monoisotopic (exact) mass is 588 g/mol. The first-order valence-corrected chi connectivity index (χ1v) is 13.5. The van der Waals surface area contributed by atoms with Gasteiger partial charge in [-0.3, -0.25) is 14.4 Å². The van der Waals surface area contributed by atoms with Gasteiger partial charge in [-0.15, -0.1) is 4.68 Å². The van der Waals surface area contributed by atoms with Crippen LogP contribution in [0.25, 0.3) is 22.0 Å². The zero-order valence-corrected chi connectivity index (χ0v) is 23.3. The van der Waals surface area contributed by atoms with Crippen LogP contribution in [0.5, 0.6) is 0 Å². The molecule has 6 rings (SSSR count). The molecule has 198 valence electrons. The van der Waals surface area contributed by atoms with Crippen LogP contribution in [0.2, 0.25) is 0 Å². The molecule has 0 unspecified atom stereocenters. The quantitative estimate of drug-likeness (QED) is 0.201. The number of nitrogens with one attached hydrogen (secondary N) is 2. The molecule has 3 aromatic heterocycles. The van der Waals surface area contributed by atoms with Gasteiger partial charge in [-0.25, -0.2) is 15.0 Å². The minimum absolute atomic E-state index is 0.0103. The molecular weight excluding hydrogens is 562 g/mol. The Bertz CT molecular complexity index is 1650. The molecule has 3 atom stereocenters. The van der Waals surface area contributed by atoms with Crippen molar-refractivity contribution in [1.29, 1.82) is 0 Å². The number of halogens is 1. The van der Waals surface area contributed by atoms with E-state index in [0.29, 0.717) is 27.9 Å². The predicted octanol–water partition coefficient (Wildman–Crippen LogP) is 3.60. The van der Waals surface area contributed by atoms with Gasteiger partial charge in [-0.05, 0) is 70.4 Å². The minimum atomic E-state index is -0.597. The number of anilines is 1. The van der Waals surface area contributed by atoms with Gasteiger partial charge < -0.3 is 10.2 Å². The summed E-state index contributed by atoms with van der Waals surface area (Å²) in [7, 11) is 0. The van der Waals surface area contributed by atoms with Gasteiger partial charge in [-0.1, -0.05) is 13.0 Å². The van der Waals surface area contributed by atoms with Crippen LogP contribution in [0.4, 0.5) is 5.82 Å². The van der Waals surface area contributed by atoms with Crippen molar-refractivity contribution in [3.63, 3.8) is 0 Å². The summed E-state index contributed by atoms with van der Waals surface area (Å²) in [6, 6.07) is 8.80. The summed E-state index contributed by atoms with van der Waals surface area (Å²) in [4.78, 5) is 54.0. The minimum Gasteiger partial charge on any atom is -0.322 e. The van der Waals surface area contributed by atoms with E-state index in [1.807, 2.05) is 37.3 Å². The Labute approximate surface area is 233 Å². The van der Waals surface area contributed by atoms with Crippen LogP contribution in [0, 0.1) is 12.3 Å². The van der Waals surface area contributed by atoms with Crippen molar-refractivity contribution in [1.82, 2.24) is 25.0 Å². The molecule has 0 bridgehead atoms. The van der Waals surface area contributed by atoms with E-state index < -0.39 is 6.04 Å². The molecule has 2 amide bonds. The number of amides is 2. The van der Waals surface area contributed by atoms with E-state index in [2.05, 4.69) is 48.2 Å². The zero-order chi connectivity index (χ0) is 27.5. The van der Waals surface area contributed by atoms with Gasteiger partial charge in [0.1, 0.15) is 22.8 Å². The number of fused-ring (bicyclic) bond motifs is 2. The fourth-order valence-corrected chi connectivity index (χ4v) is 5.97. The van der Waals surface area contributed by atoms with Gasteiger partial charge in [0.05, 0.1) is 5.39 Å². The summed E-state index contributed by atoms with van der Waals surface area (Å²) in [6.45, 7) is 5.46. The molecule has 11 heteroatoms. The Hall–Kier alpha value is -3.99. The second kappa shape index (κ2) is 9.33. The lowest BCUT2D eigenvalue weighted by atomic mass is 10.0. The second-order valence-electron chi connectivity index (χ2n) is 10.7. The first-order valence-electron chi connectivity index (χ1n) is 12.7. The van der Waals surface area contributed by atoms with Crippen molar-refractivity contribution in [2.24, 2.45) is 5.41 Å². The van der Waals surface area contributed by atoms with Crippen molar-refractivity contribution in [3.8, 4) is 11.1 Å². The number of hydrogen-bond acceptors (Lipinski definition) is 6. The van der Waals surface area contributed by atoms with Crippen molar-refractivity contribution >= 4 is 50.2 Å². The molecule has 4 heterocycles. The Kier molecular flexibility index (Phi) is 6.05. The van der Waals surface area contributed by atoms with E-state index in [0.717, 1.165) is 28.6 Å². The van der Waals surface area contributed by atoms with E-state index in [-0.39, 0.29) is 35.6 Å². The molecule has 1 aromatic carbocycles. The normalized spacial score (nSPS) is 21.6. The molecule has 2 aliphatic rings. The van der Waals surface area contributed by atoms with E-state index in [1.165, 1.54) is 13.3 Å². The number of hydrogen-bond donors (Lipinski definition) is 2. The Morgan fingerprint density at radius 3 is 2.67 bits per heavy atom. The summed E-state index contributed by atoms with van der Waals surface area (Å²) in [5.74, 6) is -0.0873. The highest BCUT2D eigenvalue weighted by atomic mass is 79.9. The number of Topliss-reactive ketones (excluding diaryl/α,β-unsaturated/α-hetero) is 1. The highest BCUT2D eigenvalue weighted by Crippen LogP contribution is 2.59. The SMILES string of the molecule is CC(=O)c1[nH][n+](CC(=O)N2[C@H](C(=O)Nc3nc(Br)ccc3C)C[C@@]3(C)C[C@@H]23)c2ccc(-c3cncnc3)cc12. The summed E-state index contributed by atoms with van der Waals surface area (Å²) >= 11 is 3.35. The largest absolute Gasteiger partial charge is 0.322 e. The third kappa shape index (κ3) is 4.50. The Morgan fingerprint density at radius 2 is 1.92 bits per heavy atom. The molecule has 1 saturated heterocycles. The number of nitrogens with zero attached hydrogens (tertiary/aromatic N) is 5. The number of rotatable bonds is 6. The standard InChI is InChI=1S/C28H26BrN7O3/c1-15-4-7-23(29)32-26(15)33-27(39)21-9-28(3)10-22(28)36(21)24(38)13-35-20-6-5-17(18-11-30-14-31-12-18)8-19(20)25(34-35)16(2)37/h4-8,11-12,14,21-22H,9-10,13H2,1-3H3,(H,32,33,39)/p+1/t21-,22+,28-/m0/s1. The number of benzene rings is 1. The van der Waals surface area contributed by atoms with Crippen LogP contribution >= 0.6 is 15.9 Å². The van der Waals surface area contributed by atoms with E-state index in [9.17, 15) is 14.4 Å². The van der Waals surface area contributed by atoms with Gasteiger partial charge in [0.2, 0.25) is 18.0 Å². The van der Waals surface area contributed by atoms with Gasteiger partial charge in [0.25, 0.3) is 5.91 Å². The van der Waals surface area contributed by atoms with Crippen LogP contribution < -0.4 is 10.00 Å². The summed E-state index contributed by atoms with van der Waals surface area (Å²) in [5, 5.41) is 6.77. The molecule has 2 N–H and O–H groups in total. The number of ketones is 1. The molecule has 39 heavy (non-hydrogen) atoms. The van der Waals surface area contributed by atoms with E-state index in [1.54, 1.807) is 22.0 Å². The fourth-order valence-electron chi connectivity index (χ4n) is 5.66.